The number of hydrogen-bond acceptors (Lipinski definition) is 1. The van der Waals surface area contributed by atoms with E-state index in [4.69, 9.17) is 0 Å². The minimum absolute atomic E-state index is 0.127. The molecule has 0 fully saturated rings. The smallest absolute Gasteiger partial charge is 0.127 e. The average Bonchev–Trinajstić information content (AvgIpc) is 3.24. The van der Waals surface area contributed by atoms with Gasteiger partial charge in [-0.25, -0.2) is 0 Å². The zero-order valence-corrected chi connectivity index (χ0v) is 13.3. The molecular weight excluding hydrogens is 280 g/mol. The van der Waals surface area contributed by atoms with Crippen LogP contribution < -0.4 is 0 Å². The van der Waals surface area contributed by atoms with Crippen LogP contribution in [0, 0.1) is 17.3 Å². The maximum Gasteiger partial charge on any atom is 0.127 e. The minimum Gasteiger partial charge on any atom is -0.303 e. The monoisotopic (exact) mass is 300 g/mol. The van der Waals surface area contributed by atoms with Crippen molar-refractivity contribution in [1.82, 2.24) is 0 Å². The van der Waals surface area contributed by atoms with Crippen molar-refractivity contribution in [2.24, 2.45) is 17.3 Å². The largest absolute Gasteiger partial charge is 0.303 e. The molecule has 0 spiro atoms. The molecule has 0 aromatic rings. The summed E-state index contributed by atoms with van der Waals surface area (Å²) in [4.78, 5) is 12.2. The van der Waals surface area contributed by atoms with Crippen molar-refractivity contribution >= 4 is 6.29 Å². The normalized spacial score (nSPS) is 29.3. The molecule has 0 radical (unpaired) electrons. The van der Waals surface area contributed by atoms with Crippen LogP contribution in [0.3, 0.4) is 0 Å². The van der Waals surface area contributed by atoms with E-state index in [1.807, 2.05) is 0 Å². The second-order valence-corrected chi connectivity index (χ2v) is 6.56. The van der Waals surface area contributed by atoms with E-state index in [9.17, 15) is 4.79 Å². The van der Waals surface area contributed by atoms with E-state index in [0.717, 1.165) is 6.42 Å². The Kier molecular flexibility index (Phi) is 3.30. The van der Waals surface area contributed by atoms with Crippen molar-refractivity contribution < 1.29 is 4.79 Å². The van der Waals surface area contributed by atoms with E-state index < -0.39 is 5.41 Å². The maximum absolute atomic E-state index is 12.2. The second-order valence-electron chi connectivity index (χ2n) is 6.56. The molecule has 1 nitrogen and oxygen atoms in total. The van der Waals surface area contributed by atoms with E-state index in [2.05, 4.69) is 79.8 Å². The summed E-state index contributed by atoms with van der Waals surface area (Å²) < 4.78 is 0. The predicted octanol–water partition coefficient (Wildman–Crippen LogP) is 4.80. The number of hydrogen-bond donors (Lipinski definition) is 0. The molecule has 4 aliphatic rings. The van der Waals surface area contributed by atoms with Gasteiger partial charge in [0.05, 0.1) is 0 Å². The van der Waals surface area contributed by atoms with Crippen molar-refractivity contribution in [2.75, 3.05) is 0 Å². The van der Waals surface area contributed by atoms with Crippen LogP contribution in [0.5, 0.6) is 0 Å². The molecule has 0 bridgehead atoms. The third kappa shape index (κ3) is 2.11. The summed E-state index contributed by atoms with van der Waals surface area (Å²) in [6, 6.07) is 0. The highest BCUT2D eigenvalue weighted by Gasteiger charge is 2.42. The molecule has 2 atom stereocenters. The van der Waals surface area contributed by atoms with Crippen LogP contribution >= 0.6 is 0 Å². The SMILES string of the molecule is CCC(C=O)(C1C=CC2=CC=CC2=C1)C1C=CC2=CC=CC2=C1. The molecule has 4 aliphatic carbocycles. The average molecular weight is 300 g/mol. The van der Waals surface area contributed by atoms with Crippen molar-refractivity contribution in [1.29, 1.82) is 0 Å². The molecule has 0 amide bonds. The first kappa shape index (κ1) is 14.2. The van der Waals surface area contributed by atoms with Crippen LogP contribution in [-0.4, -0.2) is 6.29 Å². The number of carbonyl (C=O) groups is 1. The zero-order chi connectivity index (χ0) is 15.9. The van der Waals surface area contributed by atoms with Crippen LogP contribution in [0.1, 0.15) is 13.3 Å². The molecule has 2 unspecified atom stereocenters. The molecule has 0 aromatic heterocycles. The van der Waals surface area contributed by atoms with Gasteiger partial charge >= 0.3 is 0 Å². The molecule has 0 saturated carbocycles. The van der Waals surface area contributed by atoms with Crippen molar-refractivity contribution in [2.45, 2.75) is 13.3 Å². The second kappa shape index (κ2) is 5.34. The van der Waals surface area contributed by atoms with Crippen molar-refractivity contribution in [3.8, 4) is 0 Å². The summed E-state index contributed by atoms with van der Waals surface area (Å²) in [5.41, 5.74) is 4.56. The minimum atomic E-state index is -0.420. The Balaban J connectivity index is 1.74. The standard InChI is InChI=1S/C22H20O/c1-2-22(15-23,20-11-9-16-5-3-7-18(16)13-20)21-12-10-17-6-4-8-19(17)14-21/h3-15,20-21H,2H2,1H3. The van der Waals surface area contributed by atoms with E-state index in [1.165, 1.54) is 28.6 Å². The molecule has 0 aromatic carbocycles. The summed E-state index contributed by atoms with van der Waals surface area (Å²) >= 11 is 0. The Morgan fingerprint density at radius 3 is 1.83 bits per heavy atom. The lowest BCUT2D eigenvalue weighted by molar-refractivity contribution is -0.119. The van der Waals surface area contributed by atoms with Gasteiger partial charge in [0.15, 0.2) is 0 Å². The molecule has 0 aliphatic heterocycles. The number of rotatable bonds is 4. The molecule has 0 heterocycles. The Morgan fingerprint density at radius 2 is 1.39 bits per heavy atom. The zero-order valence-electron chi connectivity index (χ0n) is 13.3. The Morgan fingerprint density at radius 1 is 0.870 bits per heavy atom. The van der Waals surface area contributed by atoms with E-state index in [-0.39, 0.29) is 11.8 Å². The Bertz CT molecular complexity index is 730. The van der Waals surface area contributed by atoms with Gasteiger partial charge in [0.1, 0.15) is 6.29 Å². The molecule has 0 N–H and O–H groups in total. The third-order valence-electron chi connectivity index (χ3n) is 5.53. The number of allylic oxidation sites excluding steroid dienone is 16. The van der Waals surface area contributed by atoms with Gasteiger partial charge in [-0.05, 0) is 28.7 Å². The maximum atomic E-state index is 12.2. The lowest BCUT2D eigenvalue weighted by Crippen LogP contribution is -2.37. The molecule has 1 heteroatoms. The fraction of sp³-hybridized carbons (Fsp3) is 0.227. The Hall–Kier alpha value is -2.41. The van der Waals surface area contributed by atoms with E-state index >= 15 is 0 Å². The predicted molar refractivity (Wildman–Crippen MR) is 94.7 cm³/mol. The topological polar surface area (TPSA) is 17.1 Å². The third-order valence-corrected chi connectivity index (χ3v) is 5.53. The Labute approximate surface area is 137 Å². The van der Waals surface area contributed by atoms with Gasteiger partial charge in [-0.2, -0.15) is 0 Å². The molecule has 23 heavy (non-hydrogen) atoms. The summed E-state index contributed by atoms with van der Waals surface area (Å²) in [5, 5.41) is 0. The quantitative estimate of drug-likeness (QED) is 0.682. The highest BCUT2D eigenvalue weighted by Crippen LogP contribution is 2.46. The lowest BCUT2D eigenvalue weighted by atomic mass is 9.62. The highest BCUT2D eigenvalue weighted by molar-refractivity contribution is 5.68. The van der Waals surface area contributed by atoms with Gasteiger partial charge < -0.3 is 4.79 Å². The van der Waals surface area contributed by atoms with Gasteiger partial charge in [0.2, 0.25) is 0 Å². The molecule has 114 valence electrons. The first-order valence-corrected chi connectivity index (χ1v) is 8.31. The van der Waals surface area contributed by atoms with Gasteiger partial charge in [-0.1, -0.05) is 79.8 Å². The van der Waals surface area contributed by atoms with Gasteiger partial charge in [-0.15, -0.1) is 0 Å². The summed E-state index contributed by atoms with van der Waals surface area (Å²) in [6.07, 6.45) is 27.9. The molecular formula is C22H20O. The molecule has 4 rings (SSSR count). The molecule has 0 saturated heterocycles. The number of aldehydes is 1. The van der Waals surface area contributed by atoms with Crippen LogP contribution in [0.2, 0.25) is 0 Å². The van der Waals surface area contributed by atoms with Crippen molar-refractivity contribution in [3.63, 3.8) is 0 Å². The van der Waals surface area contributed by atoms with E-state index in [1.54, 1.807) is 0 Å². The summed E-state index contributed by atoms with van der Waals surface area (Å²) in [5.74, 6) is 0.254. The van der Waals surface area contributed by atoms with Gasteiger partial charge in [0, 0.05) is 17.3 Å². The lowest BCUT2D eigenvalue weighted by Gasteiger charge is -2.39. The van der Waals surface area contributed by atoms with Crippen molar-refractivity contribution in [3.05, 3.63) is 95.2 Å². The first-order chi connectivity index (χ1) is 11.3. The van der Waals surface area contributed by atoms with Crippen LogP contribution in [0.4, 0.5) is 0 Å². The fourth-order valence-electron chi connectivity index (χ4n) is 4.02. The summed E-state index contributed by atoms with van der Waals surface area (Å²) in [7, 11) is 0. The van der Waals surface area contributed by atoms with Crippen LogP contribution in [-0.2, 0) is 4.79 Å². The highest BCUT2D eigenvalue weighted by atomic mass is 16.1. The van der Waals surface area contributed by atoms with Crippen LogP contribution in [0.25, 0.3) is 0 Å². The van der Waals surface area contributed by atoms with Crippen LogP contribution in [0.15, 0.2) is 95.2 Å². The summed E-state index contributed by atoms with van der Waals surface area (Å²) in [6.45, 7) is 2.12. The first-order valence-electron chi connectivity index (χ1n) is 8.31. The van der Waals surface area contributed by atoms with E-state index in [0.29, 0.717) is 0 Å². The number of carbonyl (C=O) groups excluding carboxylic acids is 1. The van der Waals surface area contributed by atoms with Gasteiger partial charge in [0.25, 0.3) is 0 Å². The fourth-order valence-corrected chi connectivity index (χ4v) is 4.02. The van der Waals surface area contributed by atoms with Gasteiger partial charge in [-0.3, -0.25) is 0 Å². The number of fused-ring (bicyclic) bond motifs is 2.